The number of benzene rings is 1. The first-order valence-electron chi connectivity index (χ1n) is 7.06. The molecule has 0 amide bonds. The minimum absolute atomic E-state index is 0. The highest BCUT2D eigenvalue weighted by Crippen LogP contribution is 2.20. The number of ether oxygens (including phenoxy) is 1. The van der Waals surface area contributed by atoms with Gasteiger partial charge in [-0.15, -0.1) is 12.4 Å². The van der Waals surface area contributed by atoms with Gasteiger partial charge in [-0.2, -0.15) is 4.31 Å². The molecule has 0 spiro atoms. The number of piperazine rings is 1. The van der Waals surface area contributed by atoms with Crippen molar-refractivity contribution >= 4 is 28.4 Å². The van der Waals surface area contributed by atoms with Crippen molar-refractivity contribution < 1.29 is 22.3 Å². The average Bonchev–Trinajstić information content (AvgIpc) is 2.47. The number of rotatable bonds is 4. The molecule has 1 aliphatic rings. The molecule has 2 rings (SSSR count). The number of halogens is 2. The van der Waals surface area contributed by atoms with Crippen LogP contribution in [0.1, 0.15) is 24.2 Å². The molecule has 1 saturated heterocycles. The third-order valence-electron chi connectivity index (χ3n) is 3.35. The van der Waals surface area contributed by atoms with Gasteiger partial charge in [0.25, 0.3) is 0 Å². The Hall–Kier alpha value is -1.22. The van der Waals surface area contributed by atoms with Gasteiger partial charge in [-0.3, -0.25) is 0 Å². The first-order valence-corrected chi connectivity index (χ1v) is 8.50. The lowest BCUT2D eigenvalue weighted by Gasteiger charge is -2.31. The van der Waals surface area contributed by atoms with Crippen LogP contribution in [0.5, 0.6) is 0 Å². The predicted octanol–water partition coefficient (Wildman–Crippen LogP) is 1.41. The van der Waals surface area contributed by atoms with E-state index in [2.05, 4.69) is 5.32 Å². The van der Waals surface area contributed by atoms with Gasteiger partial charge in [-0.05, 0) is 32.0 Å². The maximum absolute atomic E-state index is 13.7. The van der Waals surface area contributed by atoms with E-state index in [-0.39, 0.29) is 35.5 Å². The molecule has 1 atom stereocenters. The van der Waals surface area contributed by atoms with Crippen molar-refractivity contribution in [2.75, 3.05) is 26.2 Å². The lowest BCUT2D eigenvalue weighted by atomic mass is 10.2. The Bertz CT molecular complexity index is 669. The van der Waals surface area contributed by atoms with Crippen molar-refractivity contribution in [2.24, 2.45) is 0 Å². The van der Waals surface area contributed by atoms with Crippen LogP contribution in [0.15, 0.2) is 23.1 Å². The molecule has 1 aromatic carbocycles. The van der Waals surface area contributed by atoms with Crippen molar-refractivity contribution in [3.05, 3.63) is 29.6 Å². The van der Waals surface area contributed by atoms with Gasteiger partial charge in [0.2, 0.25) is 10.0 Å². The van der Waals surface area contributed by atoms with Gasteiger partial charge in [0, 0.05) is 25.7 Å². The van der Waals surface area contributed by atoms with Crippen LogP contribution in [-0.4, -0.2) is 51.0 Å². The molecule has 0 aromatic heterocycles. The molecule has 1 fully saturated rings. The molecule has 1 aromatic rings. The number of hydrogen-bond donors (Lipinski definition) is 1. The van der Waals surface area contributed by atoms with Crippen molar-refractivity contribution in [3.63, 3.8) is 0 Å². The first kappa shape index (κ1) is 19.8. The third kappa shape index (κ3) is 4.63. The minimum atomic E-state index is -3.84. The summed E-state index contributed by atoms with van der Waals surface area (Å²) in [5.74, 6) is -1.53. The van der Waals surface area contributed by atoms with Crippen LogP contribution in [0.25, 0.3) is 0 Å². The SMILES string of the molecule is CCOC(=O)c1cc(F)cc(S(=O)(=O)N2CCNC(C)C2)c1.Cl. The monoisotopic (exact) mass is 366 g/mol. The molecule has 130 valence electrons. The lowest BCUT2D eigenvalue weighted by molar-refractivity contribution is 0.0525. The van der Waals surface area contributed by atoms with Crippen LogP contribution in [0.3, 0.4) is 0 Å². The normalized spacial score (nSPS) is 19.0. The van der Waals surface area contributed by atoms with Gasteiger partial charge in [0.05, 0.1) is 17.1 Å². The molecule has 6 nitrogen and oxygen atoms in total. The summed E-state index contributed by atoms with van der Waals surface area (Å²) < 4.78 is 45.0. The molecule has 1 unspecified atom stereocenters. The smallest absolute Gasteiger partial charge is 0.338 e. The van der Waals surface area contributed by atoms with Crippen LogP contribution in [0.2, 0.25) is 0 Å². The maximum Gasteiger partial charge on any atom is 0.338 e. The summed E-state index contributed by atoms with van der Waals surface area (Å²) in [6.07, 6.45) is 0. The van der Waals surface area contributed by atoms with E-state index in [0.717, 1.165) is 18.2 Å². The third-order valence-corrected chi connectivity index (χ3v) is 5.19. The Morgan fingerprint density at radius 3 is 2.74 bits per heavy atom. The molecule has 1 aliphatic heterocycles. The summed E-state index contributed by atoms with van der Waals surface area (Å²) in [5, 5.41) is 3.14. The zero-order valence-corrected chi connectivity index (χ0v) is 14.5. The van der Waals surface area contributed by atoms with Gasteiger partial charge in [0.15, 0.2) is 0 Å². The van der Waals surface area contributed by atoms with Crippen LogP contribution in [0.4, 0.5) is 4.39 Å². The molecular weight excluding hydrogens is 347 g/mol. The quantitative estimate of drug-likeness (QED) is 0.815. The number of carbonyl (C=O) groups is 1. The van der Waals surface area contributed by atoms with Crippen LogP contribution >= 0.6 is 12.4 Å². The van der Waals surface area contributed by atoms with E-state index in [4.69, 9.17) is 4.74 Å². The van der Waals surface area contributed by atoms with Crippen LogP contribution in [0, 0.1) is 5.82 Å². The Morgan fingerprint density at radius 2 is 2.13 bits per heavy atom. The van der Waals surface area contributed by atoms with E-state index in [9.17, 15) is 17.6 Å². The van der Waals surface area contributed by atoms with E-state index in [1.165, 1.54) is 4.31 Å². The lowest BCUT2D eigenvalue weighted by Crippen LogP contribution is -2.51. The zero-order chi connectivity index (χ0) is 16.3. The maximum atomic E-state index is 13.7. The average molecular weight is 367 g/mol. The molecule has 9 heteroatoms. The van der Waals surface area contributed by atoms with Crippen molar-refractivity contribution in [2.45, 2.75) is 24.8 Å². The molecule has 0 radical (unpaired) electrons. The van der Waals surface area contributed by atoms with Gasteiger partial charge >= 0.3 is 5.97 Å². The second-order valence-corrected chi connectivity index (χ2v) is 7.05. The van der Waals surface area contributed by atoms with Gasteiger partial charge < -0.3 is 10.1 Å². The fraction of sp³-hybridized carbons (Fsp3) is 0.500. The van der Waals surface area contributed by atoms with Gasteiger partial charge in [0.1, 0.15) is 5.82 Å². The summed E-state index contributed by atoms with van der Waals surface area (Å²) in [4.78, 5) is 11.5. The second-order valence-electron chi connectivity index (χ2n) is 5.11. The molecule has 23 heavy (non-hydrogen) atoms. The van der Waals surface area contributed by atoms with Crippen molar-refractivity contribution in [1.29, 1.82) is 0 Å². The first-order chi connectivity index (χ1) is 10.3. The summed E-state index contributed by atoms with van der Waals surface area (Å²) >= 11 is 0. The Balaban J connectivity index is 0.00000264. The Kier molecular flexibility index (Phi) is 6.94. The number of carbonyl (C=O) groups excluding carboxylic acids is 1. The highest BCUT2D eigenvalue weighted by molar-refractivity contribution is 7.89. The number of hydrogen-bond acceptors (Lipinski definition) is 5. The van der Waals surface area contributed by atoms with Gasteiger partial charge in [-0.25, -0.2) is 17.6 Å². The summed E-state index contributed by atoms with van der Waals surface area (Å²) in [7, 11) is -3.84. The molecular formula is C14H20ClFN2O4S. The van der Waals surface area contributed by atoms with Crippen molar-refractivity contribution in [3.8, 4) is 0 Å². The van der Waals surface area contributed by atoms with E-state index in [1.54, 1.807) is 6.92 Å². The van der Waals surface area contributed by atoms with Gasteiger partial charge in [-0.1, -0.05) is 0 Å². The largest absolute Gasteiger partial charge is 0.462 e. The van der Waals surface area contributed by atoms with E-state index in [1.807, 2.05) is 6.92 Å². The van der Waals surface area contributed by atoms with Crippen molar-refractivity contribution in [1.82, 2.24) is 9.62 Å². The topological polar surface area (TPSA) is 75.7 Å². The Morgan fingerprint density at radius 1 is 1.43 bits per heavy atom. The van der Waals surface area contributed by atoms with E-state index in [0.29, 0.717) is 19.6 Å². The highest BCUT2D eigenvalue weighted by Gasteiger charge is 2.29. The molecule has 0 bridgehead atoms. The minimum Gasteiger partial charge on any atom is -0.462 e. The van der Waals surface area contributed by atoms with Crippen LogP contribution in [-0.2, 0) is 14.8 Å². The number of sulfonamides is 1. The standard InChI is InChI=1S/C14H19FN2O4S.ClH/c1-3-21-14(18)11-6-12(15)8-13(7-11)22(19,20)17-5-4-16-10(2)9-17;/h6-8,10,16H,3-5,9H2,1-2H3;1H. The van der Waals surface area contributed by atoms with E-state index < -0.39 is 21.8 Å². The molecule has 0 aliphatic carbocycles. The summed E-state index contributed by atoms with van der Waals surface area (Å²) in [6.45, 7) is 4.76. The number of esters is 1. The number of nitrogens with zero attached hydrogens (tertiary/aromatic N) is 1. The highest BCUT2D eigenvalue weighted by atomic mass is 35.5. The predicted molar refractivity (Wildman–Crippen MR) is 85.8 cm³/mol. The Labute approximate surface area is 141 Å². The fourth-order valence-electron chi connectivity index (χ4n) is 2.31. The fourth-order valence-corrected chi connectivity index (χ4v) is 3.90. The van der Waals surface area contributed by atoms with E-state index >= 15 is 0 Å². The summed E-state index contributed by atoms with van der Waals surface area (Å²) in [5.41, 5.74) is -0.108. The zero-order valence-electron chi connectivity index (χ0n) is 12.9. The number of nitrogens with one attached hydrogen (secondary N) is 1. The second kappa shape index (κ2) is 8.05. The molecule has 1 N–H and O–H groups in total. The van der Waals surface area contributed by atoms with Crippen LogP contribution < -0.4 is 5.32 Å². The molecule has 1 heterocycles. The summed E-state index contributed by atoms with van der Waals surface area (Å²) in [6, 6.07) is 3.06. The molecule has 0 saturated carbocycles.